The van der Waals surface area contributed by atoms with Gasteiger partial charge in [0.25, 0.3) is 0 Å². The van der Waals surface area contributed by atoms with Crippen LogP contribution in [0, 0.1) is 12.8 Å². The summed E-state index contributed by atoms with van der Waals surface area (Å²) in [6.07, 6.45) is 5.08. The Balaban J connectivity index is 1.22. The first-order chi connectivity index (χ1) is 15.6. The van der Waals surface area contributed by atoms with Gasteiger partial charge in [0, 0.05) is 50.0 Å². The Morgan fingerprint density at radius 1 is 1.00 bits per heavy atom. The normalized spacial score (nSPS) is 17.7. The van der Waals surface area contributed by atoms with E-state index in [4.69, 9.17) is 4.74 Å². The van der Waals surface area contributed by atoms with Crippen molar-refractivity contribution in [2.75, 3.05) is 31.5 Å². The van der Waals surface area contributed by atoms with Gasteiger partial charge in [-0.2, -0.15) is 0 Å². The van der Waals surface area contributed by atoms with Crippen LogP contribution in [0.15, 0.2) is 42.5 Å². The smallest absolute Gasteiger partial charge is 0.410 e. The molecule has 1 saturated heterocycles. The van der Waals surface area contributed by atoms with E-state index in [0.29, 0.717) is 18.8 Å². The number of hydrogen-bond acceptors (Lipinski definition) is 5. The van der Waals surface area contributed by atoms with Gasteiger partial charge in [-0.15, -0.1) is 0 Å². The number of nitrogens with one attached hydrogen (secondary N) is 1. The summed E-state index contributed by atoms with van der Waals surface area (Å²) in [6, 6.07) is 13.1. The first kappa shape index (κ1) is 22.3. The number of aryl methyl sites for hydroxylation is 1. The van der Waals surface area contributed by atoms with Crippen LogP contribution in [0.4, 0.5) is 10.5 Å². The Labute approximate surface area is 189 Å². The number of carbonyl (C=O) groups is 2. The van der Waals surface area contributed by atoms with Gasteiger partial charge in [0.1, 0.15) is 5.75 Å². The number of benzene rings is 1. The fourth-order valence-corrected chi connectivity index (χ4v) is 4.39. The molecule has 1 aliphatic carbocycles. The van der Waals surface area contributed by atoms with Crippen molar-refractivity contribution in [1.82, 2.24) is 14.8 Å². The molecule has 0 atom stereocenters. The number of hydrogen-bond donors (Lipinski definition) is 1. The van der Waals surface area contributed by atoms with Crippen molar-refractivity contribution in [3.63, 3.8) is 0 Å². The molecule has 1 aromatic carbocycles. The molecule has 0 unspecified atom stereocenters. The second-order valence-corrected chi connectivity index (χ2v) is 8.75. The minimum Gasteiger partial charge on any atom is -0.410 e. The zero-order valence-electron chi connectivity index (χ0n) is 18.8. The van der Waals surface area contributed by atoms with Gasteiger partial charge in [-0.25, -0.2) is 4.79 Å². The molecular weight excluding hydrogens is 404 g/mol. The molecule has 2 aromatic rings. The molecule has 0 bridgehead atoms. The van der Waals surface area contributed by atoms with Gasteiger partial charge >= 0.3 is 6.09 Å². The van der Waals surface area contributed by atoms with E-state index >= 15 is 0 Å². The topological polar surface area (TPSA) is 74.8 Å². The van der Waals surface area contributed by atoms with E-state index in [1.807, 2.05) is 25.1 Å². The number of pyridine rings is 1. The lowest BCUT2D eigenvalue weighted by Crippen LogP contribution is -2.49. The highest BCUT2D eigenvalue weighted by atomic mass is 16.6. The van der Waals surface area contributed by atoms with Crippen LogP contribution in [0.1, 0.15) is 43.5 Å². The van der Waals surface area contributed by atoms with Crippen molar-refractivity contribution in [2.24, 2.45) is 5.92 Å². The average Bonchev–Trinajstić information content (AvgIpc) is 2.81. The van der Waals surface area contributed by atoms with Crippen molar-refractivity contribution >= 4 is 17.7 Å². The predicted octanol–water partition coefficient (Wildman–Crippen LogP) is 4.23. The van der Waals surface area contributed by atoms with Gasteiger partial charge in [0.15, 0.2) is 0 Å². The van der Waals surface area contributed by atoms with Crippen LogP contribution in [-0.4, -0.2) is 53.0 Å². The quantitative estimate of drug-likeness (QED) is 0.759. The van der Waals surface area contributed by atoms with E-state index in [2.05, 4.69) is 15.2 Å². The van der Waals surface area contributed by atoms with Gasteiger partial charge in [-0.05, 0) is 56.2 Å². The zero-order valence-corrected chi connectivity index (χ0v) is 18.8. The maximum atomic E-state index is 12.5. The fraction of sp³-hybridized carbons (Fsp3) is 0.480. The SMILES string of the molecule is Cc1cccc(CN2CCN(C(=O)Oc3ccc(NC(=O)C4CCCCC4)cc3)CC2)n1. The summed E-state index contributed by atoms with van der Waals surface area (Å²) in [6.45, 7) is 5.61. The predicted molar refractivity (Wildman–Crippen MR) is 123 cm³/mol. The Hall–Kier alpha value is -2.93. The molecule has 1 aromatic heterocycles. The molecule has 2 aliphatic rings. The highest BCUT2D eigenvalue weighted by molar-refractivity contribution is 5.92. The lowest BCUT2D eigenvalue weighted by atomic mass is 9.88. The van der Waals surface area contributed by atoms with Gasteiger partial charge in [0.05, 0.1) is 5.69 Å². The van der Waals surface area contributed by atoms with Crippen molar-refractivity contribution in [3.8, 4) is 5.75 Å². The first-order valence-electron chi connectivity index (χ1n) is 11.6. The molecule has 32 heavy (non-hydrogen) atoms. The zero-order chi connectivity index (χ0) is 22.3. The number of aromatic nitrogens is 1. The molecule has 1 aliphatic heterocycles. The summed E-state index contributed by atoms with van der Waals surface area (Å²) in [7, 11) is 0. The lowest BCUT2D eigenvalue weighted by Gasteiger charge is -2.33. The molecule has 2 fully saturated rings. The highest BCUT2D eigenvalue weighted by Crippen LogP contribution is 2.25. The van der Waals surface area contributed by atoms with E-state index in [1.165, 1.54) is 6.42 Å². The molecule has 1 saturated carbocycles. The van der Waals surface area contributed by atoms with Crippen LogP contribution in [0.25, 0.3) is 0 Å². The van der Waals surface area contributed by atoms with E-state index < -0.39 is 0 Å². The lowest BCUT2D eigenvalue weighted by molar-refractivity contribution is -0.120. The third kappa shape index (κ3) is 6.07. The third-order valence-electron chi connectivity index (χ3n) is 6.27. The molecule has 2 amide bonds. The van der Waals surface area contributed by atoms with Crippen LogP contribution >= 0.6 is 0 Å². The van der Waals surface area contributed by atoms with Crippen molar-refractivity contribution in [1.29, 1.82) is 0 Å². The second kappa shape index (κ2) is 10.6. The summed E-state index contributed by atoms with van der Waals surface area (Å²) in [5.74, 6) is 0.687. The van der Waals surface area contributed by atoms with Gasteiger partial charge in [0.2, 0.25) is 5.91 Å². The van der Waals surface area contributed by atoms with Gasteiger partial charge in [-0.3, -0.25) is 14.7 Å². The molecule has 2 heterocycles. The maximum absolute atomic E-state index is 12.5. The largest absolute Gasteiger partial charge is 0.415 e. The van der Waals surface area contributed by atoms with Crippen molar-refractivity contribution in [2.45, 2.75) is 45.6 Å². The summed E-state index contributed by atoms with van der Waals surface area (Å²) in [4.78, 5) is 33.5. The molecule has 7 heteroatoms. The van der Waals surface area contributed by atoms with E-state index in [0.717, 1.165) is 62.4 Å². The van der Waals surface area contributed by atoms with E-state index in [1.54, 1.807) is 29.2 Å². The number of rotatable bonds is 5. The summed E-state index contributed by atoms with van der Waals surface area (Å²) >= 11 is 0. The molecule has 7 nitrogen and oxygen atoms in total. The van der Waals surface area contributed by atoms with Gasteiger partial charge < -0.3 is 15.0 Å². The van der Waals surface area contributed by atoms with Crippen LogP contribution < -0.4 is 10.1 Å². The minimum absolute atomic E-state index is 0.0909. The minimum atomic E-state index is -0.336. The fourth-order valence-electron chi connectivity index (χ4n) is 4.39. The van der Waals surface area contributed by atoms with Crippen molar-refractivity contribution < 1.29 is 14.3 Å². The summed E-state index contributed by atoms with van der Waals surface area (Å²) in [5, 5.41) is 2.98. The Morgan fingerprint density at radius 2 is 1.72 bits per heavy atom. The molecule has 4 rings (SSSR count). The number of ether oxygens (including phenoxy) is 1. The van der Waals surface area contributed by atoms with Crippen LogP contribution in [0.2, 0.25) is 0 Å². The van der Waals surface area contributed by atoms with E-state index in [9.17, 15) is 9.59 Å². The molecule has 1 N–H and O–H groups in total. The maximum Gasteiger partial charge on any atom is 0.415 e. The van der Waals surface area contributed by atoms with E-state index in [-0.39, 0.29) is 17.9 Å². The van der Waals surface area contributed by atoms with Gasteiger partial charge in [-0.1, -0.05) is 25.3 Å². The molecule has 0 spiro atoms. The third-order valence-corrected chi connectivity index (χ3v) is 6.27. The Morgan fingerprint density at radius 3 is 2.41 bits per heavy atom. The number of amides is 2. The Kier molecular flexibility index (Phi) is 7.37. The summed E-state index contributed by atoms with van der Waals surface area (Å²) < 4.78 is 5.54. The monoisotopic (exact) mass is 436 g/mol. The number of carbonyl (C=O) groups excluding carboxylic acids is 2. The van der Waals surface area contributed by atoms with Crippen LogP contribution in [0.3, 0.4) is 0 Å². The molecular formula is C25H32N4O3. The number of piperazine rings is 1. The Bertz CT molecular complexity index is 917. The second-order valence-electron chi connectivity index (χ2n) is 8.75. The highest BCUT2D eigenvalue weighted by Gasteiger charge is 2.23. The molecule has 170 valence electrons. The average molecular weight is 437 g/mol. The van der Waals surface area contributed by atoms with Crippen LogP contribution in [-0.2, 0) is 11.3 Å². The number of anilines is 1. The summed E-state index contributed by atoms with van der Waals surface area (Å²) in [5.41, 5.74) is 2.81. The van der Waals surface area contributed by atoms with Crippen molar-refractivity contribution in [3.05, 3.63) is 53.9 Å². The van der Waals surface area contributed by atoms with Crippen LogP contribution in [0.5, 0.6) is 5.75 Å². The number of nitrogens with zero attached hydrogens (tertiary/aromatic N) is 3. The molecule has 0 radical (unpaired) electrons. The standard InChI is InChI=1S/C25H32N4O3/c1-19-6-5-9-22(26-19)18-28-14-16-29(17-15-28)25(31)32-23-12-10-21(11-13-23)27-24(30)20-7-3-2-4-8-20/h5-6,9-13,20H,2-4,7-8,14-18H2,1H3,(H,27,30). The first-order valence-corrected chi connectivity index (χ1v) is 11.6.